The minimum absolute atomic E-state index is 0.0336. The van der Waals surface area contributed by atoms with Crippen LogP contribution in [0.2, 0.25) is 0 Å². The molecule has 0 radical (unpaired) electrons. The van der Waals surface area contributed by atoms with Crippen LogP contribution in [-0.2, 0) is 14.8 Å². The second-order valence-electron chi connectivity index (χ2n) is 5.18. The number of sulfonamides is 1. The van der Waals surface area contributed by atoms with Crippen molar-refractivity contribution in [1.82, 2.24) is 19.4 Å². The number of nitrogens with zero attached hydrogens (tertiary/aromatic N) is 3. The van der Waals surface area contributed by atoms with E-state index in [1.54, 1.807) is 35.0 Å². The third kappa shape index (κ3) is 3.80. The topological polar surface area (TPSA) is 84.3 Å². The van der Waals surface area contributed by atoms with Gasteiger partial charge in [-0.25, -0.2) is 13.1 Å². The number of hydrogen-bond donors (Lipinski definition) is 1. The zero-order chi connectivity index (χ0) is 14.8. The summed E-state index contributed by atoms with van der Waals surface area (Å²) < 4.78 is 26.7. The number of likely N-dealkylation sites (tertiary alicyclic amines) is 1. The number of carbonyl (C=O) groups is 1. The van der Waals surface area contributed by atoms with E-state index in [4.69, 9.17) is 0 Å². The van der Waals surface area contributed by atoms with Crippen molar-refractivity contribution in [1.29, 1.82) is 0 Å². The van der Waals surface area contributed by atoms with Crippen LogP contribution in [0.1, 0.15) is 25.8 Å². The molecule has 20 heavy (non-hydrogen) atoms. The average Bonchev–Trinajstić information content (AvgIpc) is 2.89. The van der Waals surface area contributed by atoms with Gasteiger partial charge < -0.3 is 4.90 Å². The van der Waals surface area contributed by atoms with Crippen LogP contribution in [0, 0.1) is 0 Å². The van der Waals surface area contributed by atoms with E-state index in [1.165, 1.54) is 0 Å². The highest BCUT2D eigenvalue weighted by molar-refractivity contribution is 7.88. The standard InChI is InChI=1S/C12H20N4O3S/c1-10(16-8-4-6-13-16)12(17)15-7-3-5-11(9-15)14-20(2,18)19/h4,6,8,10-11,14H,3,5,7,9H2,1-2H3/t10-,11+/m1/s1. The van der Waals surface area contributed by atoms with Gasteiger partial charge in [0.25, 0.3) is 0 Å². The van der Waals surface area contributed by atoms with Crippen molar-refractivity contribution in [3.8, 4) is 0 Å². The molecule has 1 aromatic heterocycles. The minimum Gasteiger partial charge on any atom is -0.339 e. The average molecular weight is 300 g/mol. The molecule has 1 saturated heterocycles. The molecule has 1 N–H and O–H groups in total. The molecule has 1 aromatic rings. The van der Waals surface area contributed by atoms with Crippen molar-refractivity contribution in [3.05, 3.63) is 18.5 Å². The Kier molecular flexibility index (Phi) is 4.44. The van der Waals surface area contributed by atoms with E-state index in [0.717, 1.165) is 19.1 Å². The highest BCUT2D eigenvalue weighted by Gasteiger charge is 2.28. The van der Waals surface area contributed by atoms with Gasteiger partial charge in [-0.3, -0.25) is 9.48 Å². The number of nitrogens with one attached hydrogen (secondary N) is 1. The molecule has 2 heterocycles. The third-order valence-corrected chi connectivity index (χ3v) is 4.15. The Labute approximate surface area is 119 Å². The second kappa shape index (κ2) is 5.92. The summed E-state index contributed by atoms with van der Waals surface area (Å²) in [7, 11) is -3.24. The monoisotopic (exact) mass is 300 g/mol. The zero-order valence-corrected chi connectivity index (χ0v) is 12.5. The summed E-state index contributed by atoms with van der Waals surface area (Å²) in [5.74, 6) is -0.0336. The summed E-state index contributed by atoms with van der Waals surface area (Å²) >= 11 is 0. The van der Waals surface area contributed by atoms with E-state index in [2.05, 4.69) is 9.82 Å². The molecular weight excluding hydrogens is 280 g/mol. The number of carbonyl (C=O) groups excluding carboxylic acids is 1. The van der Waals surface area contributed by atoms with Crippen LogP contribution < -0.4 is 4.72 Å². The van der Waals surface area contributed by atoms with Gasteiger partial charge in [-0.2, -0.15) is 5.10 Å². The third-order valence-electron chi connectivity index (χ3n) is 3.39. The molecule has 0 aromatic carbocycles. The maximum atomic E-state index is 12.4. The van der Waals surface area contributed by atoms with Crippen molar-refractivity contribution in [2.75, 3.05) is 19.3 Å². The van der Waals surface area contributed by atoms with Crippen LogP contribution in [-0.4, -0.2) is 54.4 Å². The van der Waals surface area contributed by atoms with Gasteiger partial charge in [0.05, 0.1) is 6.26 Å². The highest BCUT2D eigenvalue weighted by Crippen LogP contribution is 2.16. The van der Waals surface area contributed by atoms with Gasteiger partial charge in [-0.1, -0.05) is 0 Å². The Balaban J connectivity index is 2.00. The molecule has 1 aliphatic heterocycles. The van der Waals surface area contributed by atoms with Crippen LogP contribution in [0.3, 0.4) is 0 Å². The number of aromatic nitrogens is 2. The minimum atomic E-state index is -3.24. The van der Waals surface area contributed by atoms with Gasteiger partial charge in [0.15, 0.2) is 0 Å². The number of rotatable bonds is 4. The lowest BCUT2D eigenvalue weighted by Gasteiger charge is -2.34. The smallest absolute Gasteiger partial charge is 0.247 e. The fourth-order valence-corrected chi connectivity index (χ4v) is 3.26. The molecule has 0 unspecified atom stereocenters. The molecule has 2 atom stereocenters. The zero-order valence-electron chi connectivity index (χ0n) is 11.7. The molecule has 2 rings (SSSR count). The Morgan fingerprint density at radius 1 is 1.50 bits per heavy atom. The Morgan fingerprint density at radius 2 is 2.25 bits per heavy atom. The summed E-state index contributed by atoms with van der Waals surface area (Å²) in [6, 6.07) is 1.20. The summed E-state index contributed by atoms with van der Waals surface area (Å²) in [6.07, 6.45) is 6.07. The van der Waals surface area contributed by atoms with Gasteiger partial charge in [0, 0.05) is 31.5 Å². The lowest BCUT2D eigenvalue weighted by molar-refractivity contribution is -0.135. The Morgan fingerprint density at radius 3 is 2.85 bits per heavy atom. The Hall–Kier alpha value is -1.41. The van der Waals surface area contributed by atoms with Gasteiger partial charge in [0.1, 0.15) is 6.04 Å². The predicted octanol–water partition coefficient (Wildman–Crippen LogP) is -0.0157. The molecule has 0 spiro atoms. The quantitative estimate of drug-likeness (QED) is 0.847. The maximum Gasteiger partial charge on any atom is 0.247 e. The number of hydrogen-bond acceptors (Lipinski definition) is 4. The van der Waals surface area contributed by atoms with Gasteiger partial charge in [-0.05, 0) is 25.8 Å². The largest absolute Gasteiger partial charge is 0.339 e. The second-order valence-corrected chi connectivity index (χ2v) is 6.96. The summed E-state index contributed by atoms with van der Waals surface area (Å²) in [6.45, 7) is 2.87. The highest BCUT2D eigenvalue weighted by atomic mass is 32.2. The number of piperidine rings is 1. The van der Waals surface area contributed by atoms with Crippen molar-refractivity contribution in [2.24, 2.45) is 0 Å². The first-order valence-corrected chi connectivity index (χ1v) is 8.51. The van der Waals surface area contributed by atoms with Crippen LogP contribution >= 0.6 is 0 Å². The van der Waals surface area contributed by atoms with Crippen LogP contribution in [0.15, 0.2) is 18.5 Å². The maximum absolute atomic E-state index is 12.4. The molecule has 0 aliphatic carbocycles. The molecule has 112 valence electrons. The fraction of sp³-hybridized carbons (Fsp3) is 0.667. The van der Waals surface area contributed by atoms with Crippen molar-refractivity contribution < 1.29 is 13.2 Å². The molecule has 7 nitrogen and oxygen atoms in total. The van der Waals surface area contributed by atoms with E-state index in [-0.39, 0.29) is 18.0 Å². The molecular formula is C12H20N4O3S. The van der Waals surface area contributed by atoms with Crippen molar-refractivity contribution >= 4 is 15.9 Å². The van der Waals surface area contributed by atoms with E-state index >= 15 is 0 Å². The van der Waals surface area contributed by atoms with Crippen LogP contribution in [0.25, 0.3) is 0 Å². The molecule has 8 heteroatoms. The summed E-state index contributed by atoms with van der Waals surface area (Å²) in [4.78, 5) is 14.1. The predicted molar refractivity (Wildman–Crippen MR) is 74.5 cm³/mol. The van der Waals surface area contributed by atoms with Gasteiger partial charge in [-0.15, -0.1) is 0 Å². The molecule has 1 fully saturated rings. The normalized spacial score (nSPS) is 21.7. The lowest BCUT2D eigenvalue weighted by atomic mass is 10.1. The molecule has 0 bridgehead atoms. The van der Waals surface area contributed by atoms with E-state index < -0.39 is 10.0 Å². The first kappa shape index (κ1) is 15.0. The van der Waals surface area contributed by atoms with Crippen LogP contribution in [0.4, 0.5) is 0 Å². The molecule has 1 amide bonds. The fourth-order valence-electron chi connectivity index (χ4n) is 2.46. The first-order valence-electron chi connectivity index (χ1n) is 6.62. The van der Waals surface area contributed by atoms with E-state index in [0.29, 0.717) is 13.1 Å². The van der Waals surface area contributed by atoms with E-state index in [9.17, 15) is 13.2 Å². The molecule has 0 saturated carbocycles. The lowest BCUT2D eigenvalue weighted by Crippen LogP contribution is -2.50. The first-order chi connectivity index (χ1) is 9.37. The Bertz CT molecular complexity index is 555. The van der Waals surface area contributed by atoms with E-state index in [1.807, 2.05) is 0 Å². The SMILES string of the molecule is C[C@H](C(=O)N1CCC[C@H](NS(C)(=O)=O)C1)n1cccn1. The van der Waals surface area contributed by atoms with Gasteiger partial charge in [0.2, 0.25) is 15.9 Å². The van der Waals surface area contributed by atoms with Crippen LogP contribution in [0.5, 0.6) is 0 Å². The summed E-state index contributed by atoms with van der Waals surface area (Å²) in [5.41, 5.74) is 0. The van der Waals surface area contributed by atoms with Crippen molar-refractivity contribution in [2.45, 2.75) is 31.8 Å². The van der Waals surface area contributed by atoms with Gasteiger partial charge >= 0.3 is 0 Å². The number of amides is 1. The molecule has 1 aliphatic rings. The summed E-state index contributed by atoms with van der Waals surface area (Å²) in [5, 5.41) is 4.07. The van der Waals surface area contributed by atoms with Crippen molar-refractivity contribution in [3.63, 3.8) is 0 Å².